The number of nitrogens with two attached hydrogens (primary N) is 1. The number of anilines is 1. The molecule has 0 bridgehead atoms. The number of hydrogen-bond acceptors (Lipinski definition) is 6. The van der Waals surface area contributed by atoms with E-state index in [1.165, 1.54) is 22.7 Å². The van der Waals surface area contributed by atoms with Crippen LogP contribution in [0.3, 0.4) is 0 Å². The predicted molar refractivity (Wildman–Crippen MR) is 99.3 cm³/mol. The Bertz CT molecular complexity index is 868. The Balaban J connectivity index is 1.83. The number of carbonyl (C=O) groups excluding carboxylic acids is 1. The van der Waals surface area contributed by atoms with Crippen molar-refractivity contribution < 1.29 is 4.79 Å². The molecule has 0 spiro atoms. The van der Waals surface area contributed by atoms with Gasteiger partial charge in [0.15, 0.2) is 0 Å². The summed E-state index contributed by atoms with van der Waals surface area (Å²) in [5.41, 5.74) is 7.22. The monoisotopic (exact) mass is 358 g/mol. The lowest BCUT2D eigenvalue weighted by molar-refractivity contribution is 0.0916. The van der Waals surface area contributed by atoms with E-state index in [4.69, 9.17) is 5.73 Å². The molecule has 0 fully saturated rings. The van der Waals surface area contributed by atoms with Crippen LogP contribution in [0.4, 0.5) is 5.13 Å². The summed E-state index contributed by atoms with van der Waals surface area (Å²) in [5, 5.41) is 12.0. The minimum Gasteiger partial charge on any atom is -0.374 e. The van der Waals surface area contributed by atoms with Crippen molar-refractivity contribution >= 4 is 33.7 Å². The number of benzene rings is 1. The third-order valence-electron chi connectivity index (χ3n) is 3.58. The molecule has 2 aromatic heterocycles. The maximum absolute atomic E-state index is 12.7. The van der Waals surface area contributed by atoms with Gasteiger partial charge in [-0.3, -0.25) is 4.79 Å². The number of aromatic nitrogens is 2. The molecule has 24 heavy (non-hydrogen) atoms. The molecular formula is C17H18N4OS2. The molecule has 3 rings (SSSR count). The van der Waals surface area contributed by atoms with Gasteiger partial charge in [-0.15, -0.1) is 21.5 Å². The Morgan fingerprint density at radius 1 is 1.17 bits per heavy atom. The number of carbonyl (C=O) groups is 1. The first-order valence-corrected chi connectivity index (χ1v) is 9.08. The highest BCUT2D eigenvalue weighted by atomic mass is 32.1. The molecule has 1 amide bonds. The van der Waals surface area contributed by atoms with E-state index in [2.05, 4.69) is 27.6 Å². The Morgan fingerprint density at radius 2 is 1.88 bits per heavy atom. The zero-order valence-corrected chi connectivity index (χ0v) is 15.3. The van der Waals surface area contributed by atoms with Crippen LogP contribution in [0, 0.1) is 6.92 Å². The van der Waals surface area contributed by atoms with Crippen molar-refractivity contribution in [3.05, 3.63) is 51.8 Å². The zero-order chi connectivity index (χ0) is 17.3. The van der Waals surface area contributed by atoms with Crippen LogP contribution in [0.15, 0.2) is 36.4 Å². The summed E-state index contributed by atoms with van der Waals surface area (Å²) >= 11 is 2.77. The number of aryl methyl sites for hydroxylation is 1. The number of amides is 1. The normalized spacial score (nSPS) is 11.5. The van der Waals surface area contributed by atoms with Crippen molar-refractivity contribution in [3.8, 4) is 10.4 Å². The van der Waals surface area contributed by atoms with Gasteiger partial charge in [-0.25, -0.2) is 0 Å². The third kappa shape index (κ3) is 3.32. The van der Waals surface area contributed by atoms with Gasteiger partial charge in [0.25, 0.3) is 5.91 Å². The number of nitrogens with one attached hydrogen (secondary N) is 1. The van der Waals surface area contributed by atoms with Gasteiger partial charge in [-0.05, 0) is 38.0 Å². The summed E-state index contributed by atoms with van der Waals surface area (Å²) in [6.07, 6.45) is 0. The highest BCUT2D eigenvalue weighted by molar-refractivity contribution is 7.17. The number of nitrogens with zero attached hydrogens (tertiary/aromatic N) is 2. The number of nitrogen functional groups attached to an aromatic ring is 1. The van der Waals surface area contributed by atoms with Gasteiger partial charge in [-0.1, -0.05) is 41.7 Å². The highest BCUT2D eigenvalue weighted by Gasteiger charge is 2.28. The second-order valence-electron chi connectivity index (χ2n) is 6.01. The first-order valence-electron chi connectivity index (χ1n) is 7.44. The molecule has 0 saturated carbocycles. The molecule has 124 valence electrons. The SMILES string of the molecule is Cc1cc(C(=O)NC(C)(C)c2nnc(N)s2)sc1-c1ccccc1. The number of hydrogen-bond donors (Lipinski definition) is 2. The standard InChI is InChI=1S/C17H18N4OS2/c1-10-9-12(23-13(10)11-7-5-4-6-8-11)14(22)19-17(2,3)15-20-21-16(18)24-15/h4-9H,1-3H3,(H2,18,21)(H,19,22). The third-order valence-corrected chi connectivity index (χ3v) is 5.94. The Labute approximate surface area is 148 Å². The predicted octanol–water partition coefficient (Wildman–Crippen LogP) is 3.82. The van der Waals surface area contributed by atoms with Crippen LogP contribution in [0.25, 0.3) is 10.4 Å². The first kappa shape index (κ1) is 16.6. The lowest BCUT2D eigenvalue weighted by Gasteiger charge is -2.22. The maximum atomic E-state index is 12.7. The fourth-order valence-electron chi connectivity index (χ4n) is 2.36. The minimum absolute atomic E-state index is 0.121. The quantitative estimate of drug-likeness (QED) is 0.743. The van der Waals surface area contributed by atoms with Gasteiger partial charge >= 0.3 is 0 Å². The van der Waals surface area contributed by atoms with Gasteiger partial charge in [0, 0.05) is 4.88 Å². The lowest BCUT2D eigenvalue weighted by Crippen LogP contribution is -2.40. The van der Waals surface area contributed by atoms with Gasteiger partial charge in [0.05, 0.1) is 10.4 Å². The highest BCUT2D eigenvalue weighted by Crippen LogP contribution is 2.33. The largest absolute Gasteiger partial charge is 0.374 e. The van der Waals surface area contributed by atoms with Crippen molar-refractivity contribution in [3.63, 3.8) is 0 Å². The van der Waals surface area contributed by atoms with Crippen molar-refractivity contribution in [1.29, 1.82) is 0 Å². The first-order chi connectivity index (χ1) is 11.4. The van der Waals surface area contributed by atoms with E-state index in [-0.39, 0.29) is 5.91 Å². The maximum Gasteiger partial charge on any atom is 0.262 e. The van der Waals surface area contributed by atoms with Crippen LogP contribution in [0.1, 0.15) is 34.1 Å². The average Bonchev–Trinajstić information content (AvgIpc) is 3.14. The van der Waals surface area contributed by atoms with Gasteiger partial charge in [0.2, 0.25) is 5.13 Å². The molecule has 0 aliphatic rings. The van der Waals surface area contributed by atoms with E-state index in [0.29, 0.717) is 15.0 Å². The van der Waals surface area contributed by atoms with Crippen LogP contribution >= 0.6 is 22.7 Å². The van der Waals surface area contributed by atoms with E-state index < -0.39 is 5.54 Å². The molecule has 0 atom stereocenters. The Morgan fingerprint density at radius 3 is 2.50 bits per heavy atom. The molecular weight excluding hydrogens is 340 g/mol. The fraction of sp³-hybridized carbons (Fsp3) is 0.235. The summed E-state index contributed by atoms with van der Waals surface area (Å²) in [5.74, 6) is -0.121. The van der Waals surface area contributed by atoms with E-state index >= 15 is 0 Å². The van der Waals surface area contributed by atoms with Crippen molar-refractivity contribution in [1.82, 2.24) is 15.5 Å². The summed E-state index contributed by atoms with van der Waals surface area (Å²) in [6.45, 7) is 5.80. The summed E-state index contributed by atoms with van der Waals surface area (Å²) in [4.78, 5) is 14.4. The smallest absolute Gasteiger partial charge is 0.262 e. The molecule has 5 nitrogen and oxygen atoms in total. The Hall–Kier alpha value is -2.25. The molecule has 2 heterocycles. The minimum atomic E-state index is -0.628. The number of thiophene rings is 1. The second-order valence-corrected chi connectivity index (χ2v) is 8.07. The van der Waals surface area contributed by atoms with Gasteiger partial charge < -0.3 is 11.1 Å². The van der Waals surface area contributed by atoms with Crippen LogP contribution < -0.4 is 11.1 Å². The van der Waals surface area contributed by atoms with Crippen LogP contribution in [-0.4, -0.2) is 16.1 Å². The average molecular weight is 358 g/mol. The Kier molecular flexibility index (Phi) is 4.38. The van der Waals surface area contributed by atoms with Gasteiger partial charge in [-0.2, -0.15) is 0 Å². The molecule has 0 saturated heterocycles. The molecule has 7 heteroatoms. The number of rotatable bonds is 4. The zero-order valence-electron chi connectivity index (χ0n) is 13.7. The fourth-order valence-corrected chi connectivity index (χ4v) is 4.10. The molecule has 0 aliphatic heterocycles. The van der Waals surface area contributed by atoms with Crippen LogP contribution in [0.2, 0.25) is 0 Å². The van der Waals surface area contributed by atoms with E-state index in [1.807, 2.05) is 45.0 Å². The van der Waals surface area contributed by atoms with Crippen molar-refractivity contribution in [2.75, 3.05) is 5.73 Å². The molecule has 3 aromatic rings. The summed E-state index contributed by atoms with van der Waals surface area (Å²) in [7, 11) is 0. The van der Waals surface area contributed by atoms with E-state index in [0.717, 1.165) is 16.0 Å². The molecule has 1 aromatic carbocycles. The molecule has 0 unspecified atom stereocenters. The second kappa shape index (κ2) is 6.33. The van der Waals surface area contributed by atoms with E-state index in [9.17, 15) is 4.79 Å². The van der Waals surface area contributed by atoms with Crippen molar-refractivity contribution in [2.45, 2.75) is 26.3 Å². The van der Waals surface area contributed by atoms with Gasteiger partial charge in [0.1, 0.15) is 5.01 Å². The van der Waals surface area contributed by atoms with Crippen LogP contribution in [-0.2, 0) is 5.54 Å². The summed E-state index contributed by atoms with van der Waals surface area (Å²) in [6, 6.07) is 12.0. The van der Waals surface area contributed by atoms with Crippen LogP contribution in [0.5, 0.6) is 0 Å². The van der Waals surface area contributed by atoms with E-state index in [1.54, 1.807) is 0 Å². The molecule has 0 radical (unpaired) electrons. The van der Waals surface area contributed by atoms with Crippen molar-refractivity contribution in [2.24, 2.45) is 0 Å². The molecule has 3 N–H and O–H groups in total. The summed E-state index contributed by atoms with van der Waals surface area (Å²) < 4.78 is 0. The lowest BCUT2D eigenvalue weighted by atomic mass is 10.1. The topological polar surface area (TPSA) is 80.9 Å². The molecule has 0 aliphatic carbocycles.